The molecule has 32 heavy (non-hydrogen) atoms. The molecule has 0 aliphatic carbocycles. The lowest BCUT2D eigenvalue weighted by atomic mass is 10.1. The maximum absolute atomic E-state index is 13.1. The SMILES string of the molecule is CCN(c1ccc(C(=O)NCc2ccccc2OC)cc1)S(=O)(=O)c1ccc(SC)cc1. The molecule has 0 unspecified atom stereocenters. The van der Waals surface area contributed by atoms with Crippen LogP contribution in [-0.2, 0) is 16.6 Å². The van der Waals surface area contributed by atoms with Crippen molar-refractivity contribution in [2.24, 2.45) is 0 Å². The second-order valence-electron chi connectivity index (χ2n) is 6.89. The van der Waals surface area contributed by atoms with Crippen LogP contribution in [-0.4, -0.2) is 34.2 Å². The zero-order valence-corrected chi connectivity index (χ0v) is 19.9. The molecule has 0 bridgehead atoms. The van der Waals surface area contributed by atoms with Gasteiger partial charge in [0.15, 0.2) is 0 Å². The Balaban J connectivity index is 1.74. The van der Waals surface area contributed by atoms with Gasteiger partial charge in [0.05, 0.1) is 17.7 Å². The number of anilines is 1. The lowest BCUT2D eigenvalue weighted by Gasteiger charge is -2.23. The third-order valence-corrected chi connectivity index (χ3v) is 7.64. The number of hydrogen-bond donors (Lipinski definition) is 1. The Hall–Kier alpha value is -2.97. The molecule has 0 spiro atoms. The predicted octanol–water partition coefficient (Wildman–Crippen LogP) is 4.56. The minimum absolute atomic E-state index is 0.232. The summed E-state index contributed by atoms with van der Waals surface area (Å²) in [7, 11) is -2.12. The van der Waals surface area contributed by atoms with Gasteiger partial charge in [-0.15, -0.1) is 11.8 Å². The molecule has 0 atom stereocenters. The van der Waals surface area contributed by atoms with Gasteiger partial charge in [-0.05, 0) is 67.8 Å². The van der Waals surface area contributed by atoms with Gasteiger partial charge < -0.3 is 10.1 Å². The Morgan fingerprint density at radius 1 is 1.00 bits per heavy atom. The fourth-order valence-electron chi connectivity index (χ4n) is 3.27. The van der Waals surface area contributed by atoms with Crippen molar-refractivity contribution in [2.75, 3.05) is 24.2 Å². The summed E-state index contributed by atoms with van der Waals surface area (Å²) in [5, 5.41) is 2.87. The number of sulfonamides is 1. The molecule has 3 aromatic rings. The van der Waals surface area contributed by atoms with Crippen molar-refractivity contribution >= 4 is 33.4 Å². The van der Waals surface area contributed by atoms with Gasteiger partial charge >= 0.3 is 0 Å². The molecule has 0 aromatic heterocycles. The minimum atomic E-state index is -3.71. The van der Waals surface area contributed by atoms with E-state index in [0.29, 0.717) is 23.5 Å². The molecule has 1 amide bonds. The van der Waals surface area contributed by atoms with Gasteiger partial charge in [0.1, 0.15) is 5.75 Å². The van der Waals surface area contributed by atoms with E-state index in [1.807, 2.05) is 30.5 Å². The molecule has 0 radical (unpaired) electrons. The number of amides is 1. The maximum atomic E-state index is 13.1. The molecule has 0 saturated carbocycles. The van der Waals surface area contributed by atoms with Gasteiger partial charge in [0, 0.05) is 29.1 Å². The standard InChI is InChI=1S/C24H26N2O4S2/c1-4-26(32(28,29)22-15-13-21(31-3)14-16-22)20-11-9-18(10-12-20)24(27)25-17-19-7-5-6-8-23(19)30-2/h5-16H,4,17H2,1-3H3,(H,25,27). The van der Waals surface area contributed by atoms with Crippen LogP contribution in [0.5, 0.6) is 5.75 Å². The predicted molar refractivity (Wildman–Crippen MR) is 129 cm³/mol. The van der Waals surface area contributed by atoms with Crippen LogP contribution in [0.2, 0.25) is 0 Å². The lowest BCUT2D eigenvalue weighted by Crippen LogP contribution is -2.31. The number of rotatable bonds is 9. The van der Waals surface area contributed by atoms with Crippen LogP contribution in [0.1, 0.15) is 22.8 Å². The summed E-state index contributed by atoms with van der Waals surface area (Å²) in [5.41, 5.74) is 1.82. The first kappa shape index (κ1) is 23.7. The second kappa shape index (κ2) is 10.6. The molecule has 0 fully saturated rings. The summed E-state index contributed by atoms with van der Waals surface area (Å²) in [4.78, 5) is 13.8. The van der Waals surface area contributed by atoms with Crippen LogP contribution in [0, 0.1) is 0 Å². The van der Waals surface area contributed by atoms with Crippen LogP contribution >= 0.6 is 11.8 Å². The third kappa shape index (κ3) is 5.26. The summed E-state index contributed by atoms with van der Waals surface area (Å²) >= 11 is 1.55. The van der Waals surface area contributed by atoms with E-state index in [9.17, 15) is 13.2 Å². The average molecular weight is 471 g/mol. The maximum Gasteiger partial charge on any atom is 0.264 e. The molecular weight excluding hydrogens is 444 g/mol. The number of nitrogens with one attached hydrogen (secondary N) is 1. The Labute approximate surface area is 193 Å². The van der Waals surface area contributed by atoms with Crippen molar-refractivity contribution in [2.45, 2.75) is 23.3 Å². The average Bonchev–Trinajstić information content (AvgIpc) is 2.83. The fraction of sp³-hybridized carbons (Fsp3) is 0.208. The summed E-state index contributed by atoms with van der Waals surface area (Å²) in [6, 6.07) is 20.8. The number of benzene rings is 3. The van der Waals surface area contributed by atoms with Crippen molar-refractivity contribution in [3.05, 3.63) is 83.9 Å². The number of ether oxygens (including phenoxy) is 1. The monoisotopic (exact) mass is 470 g/mol. The van der Waals surface area contributed by atoms with E-state index in [0.717, 1.165) is 10.5 Å². The molecule has 8 heteroatoms. The van der Waals surface area contributed by atoms with E-state index in [-0.39, 0.29) is 17.3 Å². The van der Waals surface area contributed by atoms with Crippen LogP contribution in [0.25, 0.3) is 0 Å². The third-order valence-electron chi connectivity index (χ3n) is 4.98. The number of para-hydroxylation sites is 1. The largest absolute Gasteiger partial charge is 0.496 e. The van der Waals surface area contributed by atoms with Gasteiger partial charge in [-0.2, -0.15) is 0 Å². The van der Waals surface area contributed by atoms with Gasteiger partial charge in [-0.3, -0.25) is 9.10 Å². The van der Waals surface area contributed by atoms with Gasteiger partial charge in [0.25, 0.3) is 15.9 Å². The van der Waals surface area contributed by atoms with Crippen LogP contribution in [0.4, 0.5) is 5.69 Å². The smallest absolute Gasteiger partial charge is 0.264 e. The normalized spacial score (nSPS) is 11.1. The topological polar surface area (TPSA) is 75.7 Å². The second-order valence-corrected chi connectivity index (χ2v) is 9.63. The first-order chi connectivity index (χ1) is 15.4. The summed E-state index contributed by atoms with van der Waals surface area (Å²) in [6.45, 7) is 2.37. The van der Waals surface area contributed by atoms with E-state index < -0.39 is 10.0 Å². The molecule has 0 saturated heterocycles. The van der Waals surface area contributed by atoms with Crippen molar-refractivity contribution in [1.29, 1.82) is 0 Å². The van der Waals surface area contributed by atoms with Gasteiger partial charge in [-0.1, -0.05) is 18.2 Å². The molecule has 0 aliphatic heterocycles. The van der Waals surface area contributed by atoms with E-state index >= 15 is 0 Å². The number of carbonyl (C=O) groups excluding carboxylic acids is 1. The quantitative estimate of drug-likeness (QED) is 0.464. The number of methoxy groups -OCH3 is 1. The Morgan fingerprint density at radius 2 is 1.66 bits per heavy atom. The highest BCUT2D eigenvalue weighted by Gasteiger charge is 2.23. The van der Waals surface area contributed by atoms with Crippen molar-refractivity contribution < 1.29 is 17.9 Å². The highest BCUT2D eigenvalue weighted by Crippen LogP contribution is 2.26. The van der Waals surface area contributed by atoms with Crippen LogP contribution < -0.4 is 14.4 Å². The molecule has 6 nitrogen and oxygen atoms in total. The number of nitrogens with zero attached hydrogens (tertiary/aromatic N) is 1. The molecular formula is C24H26N2O4S2. The Morgan fingerprint density at radius 3 is 2.25 bits per heavy atom. The van der Waals surface area contributed by atoms with E-state index in [1.54, 1.807) is 74.3 Å². The highest BCUT2D eigenvalue weighted by molar-refractivity contribution is 7.98. The molecule has 3 aromatic carbocycles. The fourth-order valence-corrected chi connectivity index (χ4v) is 5.15. The zero-order chi connectivity index (χ0) is 23.1. The number of thioether (sulfide) groups is 1. The summed E-state index contributed by atoms with van der Waals surface area (Å²) in [5.74, 6) is 0.457. The van der Waals surface area contributed by atoms with Crippen molar-refractivity contribution in [1.82, 2.24) is 5.32 Å². The molecule has 0 aliphatic rings. The van der Waals surface area contributed by atoms with Crippen molar-refractivity contribution in [3.63, 3.8) is 0 Å². The first-order valence-corrected chi connectivity index (χ1v) is 12.7. The van der Waals surface area contributed by atoms with Gasteiger partial charge in [0.2, 0.25) is 0 Å². The summed E-state index contributed by atoms with van der Waals surface area (Å²) in [6.07, 6.45) is 1.94. The molecule has 168 valence electrons. The van der Waals surface area contributed by atoms with E-state index in [4.69, 9.17) is 4.74 Å². The van der Waals surface area contributed by atoms with Crippen LogP contribution in [0.15, 0.2) is 82.6 Å². The highest BCUT2D eigenvalue weighted by atomic mass is 32.2. The first-order valence-electron chi connectivity index (χ1n) is 10.1. The van der Waals surface area contributed by atoms with Crippen LogP contribution in [0.3, 0.4) is 0 Å². The summed E-state index contributed by atoms with van der Waals surface area (Å²) < 4.78 is 32.9. The minimum Gasteiger partial charge on any atom is -0.496 e. The Kier molecular flexibility index (Phi) is 7.82. The Bertz CT molecular complexity index is 1160. The van der Waals surface area contributed by atoms with Gasteiger partial charge in [-0.25, -0.2) is 8.42 Å². The lowest BCUT2D eigenvalue weighted by molar-refractivity contribution is 0.0950. The number of hydrogen-bond acceptors (Lipinski definition) is 5. The van der Waals surface area contributed by atoms with Crippen molar-refractivity contribution in [3.8, 4) is 5.75 Å². The van der Waals surface area contributed by atoms with E-state index in [1.165, 1.54) is 4.31 Å². The molecule has 3 rings (SSSR count). The number of carbonyl (C=O) groups is 1. The molecule has 1 N–H and O–H groups in total. The van der Waals surface area contributed by atoms with E-state index in [2.05, 4.69) is 5.32 Å². The zero-order valence-electron chi connectivity index (χ0n) is 18.2. The molecule has 0 heterocycles.